The van der Waals surface area contributed by atoms with Crippen LogP contribution in [0.25, 0.3) is 6.08 Å². The van der Waals surface area contributed by atoms with Gasteiger partial charge in [0.25, 0.3) is 11.8 Å². The standard InChI is InChI=1S/C23H19N3O4S2/c1-14-17(21(27)26(24-14)16-7-5-4-6-8-16)13-25-22(28)20(32-23(25)31)12-15-9-10-18(29-2)19(11-15)30-3/h4-13H,1-3H3. The summed E-state index contributed by atoms with van der Waals surface area (Å²) in [6, 6.07) is 14.5. The van der Waals surface area contributed by atoms with Gasteiger partial charge >= 0.3 is 0 Å². The summed E-state index contributed by atoms with van der Waals surface area (Å²) in [5, 5.41) is 5.66. The third-order valence-corrected chi connectivity index (χ3v) is 6.18. The Bertz CT molecular complexity index is 1200. The number of methoxy groups -OCH3 is 2. The molecule has 0 aromatic heterocycles. The number of anilines is 1. The highest BCUT2D eigenvalue weighted by Crippen LogP contribution is 2.35. The molecule has 32 heavy (non-hydrogen) atoms. The maximum Gasteiger partial charge on any atom is 0.282 e. The molecule has 7 nitrogen and oxygen atoms in total. The van der Waals surface area contributed by atoms with E-state index in [-0.39, 0.29) is 11.8 Å². The average Bonchev–Trinajstić information content (AvgIpc) is 3.24. The Hall–Kier alpha value is -3.43. The average molecular weight is 466 g/mol. The molecular formula is C23H19N3O4S2. The van der Waals surface area contributed by atoms with Crippen LogP contribution in [0, 0.1) is 0 Å². The van der Waals surface area contributed by atoms with E-state index < -0.39 is 0 Å². The molecule has 1 fully saturated rings. The van der Waals surface area contributed by atoms with Crippen LogP contribution in [0.1, 0.15) is 12.5 Å². The van der Waals surface area contributed by atoms with Crippen LogP contribution < -0.4 is 14.5 Å². The summed E-state index contributed by atoms with van der Waals surface area (Å²) in [6.45, 7) is 1.73. The monoisotopic (exact) mass is 465 g/mol. The highest BCUT2D eigenvalue weighted by molar-refractivity contribution is 8.26. The van der Waals surface area contributed by atoms with Gasteiger partial charge in [0.15, 0.2) is 15.8 Å². The minimum absolute atomic E-state index is 0.305. The Kier molecular flexibility index (Phi) is 6.11. The molecule has 2 heterocycles. The quantitative estimate of drug-likeness (QED) is 0.487. The van der Waals surface area contributed by atoms with Gasteiger partial charge in [-0.05, 0) is 42.8 Å². The first kappa shape index (κ1) is 21.8. The molecule has 9 heteroatoms. The van der Waals surface area contributed by atoms with E-state index in [9.17, 15) is 9.59 Å². The summed E-state index contributed by atoms with van der Waals surface area (Å²) >= 11 is 6.58. The molecule has 2 aromatic carbocycles. The number of nitrogens with zero attached hydrogens (tertiary/aromatic N) is 3. The summed E-state index contributed by atoms with van der Waals surface area (Å²) in [7, 11) is 3.11. The Morgan fingerprint density at radius 1 is 1.00 bits per heavy atom. The van der Waals surface area contributed by atoms with Crippen molar-refractivity contribution < 1.29 is 19.1 Å². The number of carbonyl (C=O) groups excluding carboxylic acids is 2. The van der Waals surface area contributed by atoms with Gasteiger partial charge in [-0.15, -0.1) is 0 Å². The number of rotatable bonds is 5. The number of amides is 2. The van der Waals surface area contributed by atoms with Crippen LogP contribution in [0.3, 0.4) is 0 Å². The third kappa shape index (κ3) is 4.04. The highest BCUT2D eigenvalue weighted by atomic mass is 32.2. The zero-order valence-electron chi connectivity index (χ0n) is 17.6. The lowest BCUT2D eigenvalue weighted by atomic mass is 10.1. The second-order valence-electron chi connectivity index (χ2n) is 6.85. The van der Waals surface area contributed by atoms with Gasteiger partial charge in [0, 0.05) is 6.20 Å². The van der Waals surface area contributed by atoms with Crippen LogP contribution in [0.15, 0.2) is 70.3 Å². The first-order valence-electron chi connectivity index (χ1n) is 9.59. The number of hydrazone groups is 1. The fourth-order valence-electron chi connectivity index (χ4n) is 3.23. The Morgan fingerprint density at radius 2 is 1.72 bits per heavy atom. The molecule has 4 rings (SSSR count). The van der Waals surface area contributed by atoms with Crippen LogP contribution in [-0.4, -0.2) is 41.0 Å². The Labute approximate surface area is 195 Å². The number of thiocarbonyl (C=S) groups is 1. The molecule has 2 aliphatic heterocycles. The van der Waals surface area contributed by atoms with Crippen molar-refractivity contribution in [1.82, 2.24) is 4.90 Å². The predicted molar refractivity (Wildman–Crippen MR) is 130 cm³/mol. The zero-order chi connectivity index (χ0) is 22.8. The second kappa shape index (κ2) is 8.97. The van der Waals surface area contributed by atoms with Gasteiger partial charge in [0.1, 0.15) is 0 Å². The number of thioether (sulfide) groups is 1. The molecular weight excluding hydrogens is 446 g/mol. The molecule has 0 radical (unpaired) electrons. The van der Waals surface area contributed by atoms with Crippen molar-refractivity contribution >= 4 is 57.6 Å². The zero-order valence-corrected chi connectivity index (χ0v) is 19.2. The van der Waals surface area contributed by atoms with Crippen molar-refractivity contribution in [1.29, 1.82) is 0 Å². The van der Waals surface area contributed by atoms with E-state index in [1.807, 2.05) is 24.3 Å². The largest absolute Gasteiger partial charge is 0.493 e. The molecule has 0 N–H and O–H groups in total. The van der Waals surface area contributed by atoms with Crippen molar-refractivity contribution in [3.05, 3.63) is 70.8 Å². The lowest BCUT2D eigenvalue weighted by molar-refractivity contribution is -0.120. The molecule has 0 bridgehead atoms. The number of para-hydroxylation sites is 1. The first-order valence-corrected chi connectivity index (χ1v) is 10.8. The smallest absolute Gasteiger partial charge is 0.282 e. The van der Waals surface area contributed by atoms with Crippen molar-refractivity contribution in [2.24, 2.45) is 5.10 Å². The summed E-state index contributed by atoms with van der Waals surface area (Å²) in [4.78, 5) is 27.7. The van der Waals surface area contributed by atoms with Gasteiger partial charge in [-0.1, -0.05) is 48.2 Å². The van der Waals surface area contributed by atoms with Gasteiger partial charge < -0.3 is 9.47 Å². The van der Waals surface area contributed by atoms with Gasteiger partial charge in [-0.3, -0.25) is 14.5 Å². The van der Waals surface area contributed by atoms with Crippen LogP contribution in [0.5, 0.6) is 11.5 Å². The van der Waals surface area contributed by atoms with E-state index in [0.717, 1.165) is 5.56 Å². The number of benzene rings is 2. The van der Waals surface area contributed by atoms with E-state index in [1.165, 1.54) is 27.9 Å². The lowest BCUT2D eigenvalue weighted by Crippen LogP contribution is -2.26. The van der Waals surface area contributed by atoms with Crippen LogP contribution in [0.2, 0.25) is 0 Å². The molecule has 0 saturated carbocycles. The predicted octanol–water partition coefficient (Wildman–Crippen LogP) is 4.21. The maximum atomic E-state index is 13.0. The summed E-state index contributed by atoms with van der Waals surface area (Å²) < 4.78 is 10.9. The lowest BCUT2D eigenvalue weighted by Gasteiger charge is -2.12. The minimum atomic E-state index is -0.313. The Morgan fingerprint density at radius 3 is 2.41 bits per heavy atom. The van der Waals surface area contributed by atoms with Crippen LogP contribution >= 0.6 is 24.0 Å². The summed E-state index contributed by atoms with van der Waals surface area (Å²) in [5.74, 6) is 0.537. The summed E-state index contributed by atoms with van der Waals surface area (Å²) in [5.41, 5.74) is 2.24. The number of hydrogen-bond acceptors (Lipinski definition) is 7. The van der Waals surface area contributed by atoms with Crippen LogP contribution in [0.4, 0.5) is 5.69 Å². The normalized spacial score (nSPS) is 18.7. The van der Waals surface area contributed by atoms with E-state index in [0.29, 0.717) is 37.7 Å². The Balaban J connectivity index is 1.60. The SMILES string of the molecule is COc1ccc(C=C2SC(=S)N(C=C3C(=O)N(c4ccccc4)N=C3C)C2=O)cc1OC. The molecule has 0 atom stereocenters. The highest BCUT2D eigenvalue weighted by Gasteiger charge is 2.35. The molecule has 2 aliphatic rings. The fraction of sp³-hybridized carbons (Fsp3) is 0.130. The second-order valence-corrected chi connectivity index (χ2v) is 8.52. The van der Waals surface area contributed by atoms with Crippen molar-refractivity contribution in [2.75, 3.05) is 19.2 Å². The maximum absolute atomic E-state index is 13.0. The number of ether oxygens (including phenoxy) is 2. The first-order chi connectivity index (χ1) is 15.4. The molecule has 2 aromatic rings. The van der Waals surface area contributed by atoms with E-state index in [1.54, 1.807) is 51.5 Å². The van der Waals surface area contributed by atoms with Gasteiger partial charge in [-0.25, -0.2) is 0 Å². The topological polar surface area (TPSA) is 71.4 Å². The number of hydrogen-bond donors (Lipinski definition) is 0. The van der Waals surface area contributed by atoms with E-state index in [4.69, 9.17) is 21.7 Å². The summed E-state index contributed by atoms with van der Waals surface area (Å²) in [6.07, 6.45) is 3.20. The number of carbonyl (C=O) groups is 2. The van der Waals surface area contributed by atoms with E-state index in [2.05, 4.69) is 5.10 Å². The van der Waals surface area contributed by atoms with Gasteiger partial charge in [-0.2, -0.15) is 10.1 Å². The van der Waals surface area contributed by atoms with Crippen LogP contribution in [-0.2, 0) is 9.59 Å². The molecule has 1 saturated heterocycles. The molecule has 162 valence electrons. The third-order valence-electron chi connectivity index (χ3n) is 4.85. The van der Waals surface area contributed by atoms with Gasteiger partial charge in [0.05, 0.1) is 36.1 Å². The van der Waals surface area contributed by atoms with Gasteiger partial charge in [0.2, 0.25) is 0 Å². The van der Waals surface area contributed by atoms with Crippen molar-refractivity contribution in [2.45, 2.75) is 6.92 Å². The minimum Gasteiger partial charge on any atom is -0.493 e. The molecule has 2 amide bonds. The molecule has 0 aliphatic carbocycles. The van der Waals surface area contributed by atoms with E-state index >= 15 is 0 Å². The van der Waals surface area contributed by atoms with Crippen molar-refractivity contribution in [3.8, 4) is 11.5 Å². The molecule has 0 spiro atoms. The van der Waals surface area contributed by atoms with Crippen molar-refractivity contribution in [3.63, 3.8) is 0 Å². The fourth-order valence-corrected chi connectivity index (χ4v) is 4.43. The molecule has 0 unspecified atom stereocenters.